The molecule has 5 rings (SSSR count). The minimum atomic E-state index is -0.539. The van der Waals surface area contributed by atoms with Crippen molar-refractivity contribution in [2.75, 3.05) is 31.7 Å². The number of fused-ring (bicyclic) bond motifs is 3. The monoisotopic (exact) mass is 738 g/mol. The Bertz CT molecular complexity index is 1390. The van der Waals surface area contributed by atoms with Crippen LogP contribution in [0.5, 0.6) is 11.8 Å². The second-order valence-corrected chi connectivity index (χ2v) is 13.5. The molecule has 220 valence electrons. The number of hydrogen-bond donors (Lipinski definition) is 0. The van der Waals surface area contributed by atoms with Gasteiger partial charge in [-0.2, -0.15) is 9.97 Å². The molecule has 41 heavy (non-hydrogen) atoms. The lowest BCUT2D eigenvalue weighted by Crippen LogP contribution is -2.57. The predicted molar refractivity (Wildman–Crippen MR) is 170 cm³/mol. The van der Waals surface area contributed by atoms with Gasteiger partial charge in [-0.25, -0.2) is 4.79 Å². The molecule has 11 heteroatoms. The van der Waals surface area contributed by atoms with Crippen molar-refractivity contribution in [2.45, 2.75) is 70.9 Å². The zero-order valence-electron chi connectivity index (χ0n) is 24.0. The lowest BCUT2D eigenvalue weighted by molar-refractivity contribution is 0.0122. The summed E-state index contributed by atoms with van der Waals surface area (Å²) in [4.78, 5) is 27.0. The van der Waals surface area contributed by atoms with Gasteiger partial charge in [0.25, 0.3) is 0 Å². The maximum absolute atomic E-state index is 13.1. The van der Waals surface area contributed by atoms with Crippen molar-refractivity contribution in [1.29, 1.82) is 0 Å². The summed E-state index contributed by atoms with van der Waals surface area (Å²) in [6.07, 6.45) is 1.48. The molecule has 3 heterocycles. The fraction of sp³-hybridized carbons (Fsp3) is 0.500. The summed E-state index contributed by atoms with van der Waals surface area (Å²) in [6, 6.07) is 12.5. The molecule has 0 aliphatic carbocycles. The maximum Gasteiger partial charge on any atom is 0.410 e. The Morgan fingerprint density at radius 2 is 1.80 bits per heavy atom. The van der Waals surface area contributed by atoms with Gasteiger partial charge in [0.15, 0.2) is 5.75 Å². The predicted octanol–water partition coefficient (Wildman–Crippen LogP) is 6.58. The van der Waals surface area contributed by atoms with E-state index in [-0.39, 0.29) is 30.3 Å². The first kappa shape index (κ1) is 30.1. The fourth-order valence-electron chi connectivity index (χ4n) is 5.26. The van der Waals surface area contributed by atoms with Gasteiger partial charge < -0.3 is 23.8 Å². The molecule has 9 nitrogen and oxygen atoms in total. The van der Waals surface area contributed by atoms with Crippen molar-refractivity contribution < 1.29 is 23.7 Å². The van der Waals surface area contributed by atoms with E-state index >= 15 is 0 Å². The first-order valence-corrected chi connectivity index (χ1v) is 15.7. The molecule has 2 aliphatic heterocycles. The molecular formula is C30H36BrIN4O5. The van der Waals surface area contributed by atoms with Crippen molar-refractivity contribution in [1.82, 2.24) is 14.9 Å². The number of carbonyl (C=O) groups is 1. The van der Waals surface area contributed by atoms with Gasteiger partial charge in [0.1, 0.15) is 30.1 Å². The van der Waals surface area contributed by atoms with E-state index in [2.05, 4.69) is 49.5 Å². The largest absolute Gasteiger partial charge is 0.485 e. The van der Waals surface area contributed by atoms with Crippen molar-refractivity contribution in [3.05, 3.63) is 50.0 Å². The summed E-state index contributed by atoms with van der Waals surface area (Å²) >= 11 is 6.05. The van der Waals surface area contributed by atoms with Crippen molar-refractivity contribution in [3.8, 4) is 11.8 Å². The Hall–Kier alpha value is -2.38. The van der Waals surface area contributed by atoms with E-state index in [0.29, 0.717) is 37.6 Å². The zero-order chi connectivity index (χ0) is 29.3. The van der Waals surface area contributed by atoms with Crippen molar-refractivity contribution >= 4 is 61.3 Å². The molecule has 0 spiro atoms. The van der Waals surface area contributed by atoms with Gasteiger partial charge >= 0.3 is 12.1 Å². The molecule has 2 saturated heterocycles. The molecule has 3 aromatic rings. The summed E-state index contributed by atoms with van der Waals surface area (Å²) in [5.74, 6) is 1.41. The van der Waals surface area contributed by atoms with Gasteiger partial charge in [-0.15, -0.1) is 0 Å². The third-order valence-electron chi connectivity index (χ3n) is 7.26. The number of hydrogen-bond acceptors (Lipinski definition) is 8. The topological polar surface area (TPSA) is 86.3 Å². The molecule has 3 atom stereocenters. The summed E-state index contributed by atoms with van der Waals surface area (Å²) in [5.41, 5.74) is 1.18. The average Bonchev–Trinajstić information content (AvgIpc) is 3.21. The summed E-state index contributed by atoms with van der Waals surface area (Å²) in [7, 11) is 1.65. The minimum Gasteiger partial charge on any atom is -0.485 e. The average molecular weight is 739 g/mol. The number of carbonyl (C=O) groups excluding carboxylic acids is 1. The van der Waals surface area contributed by atoms with Gasteiger partial charge in [-0.05, 0) is 90.7 Å². The van der Waals surface area contributed by atoms with E-state index in [9.17, 15) is 4.79 Å². The zero-order valence-corrected chi connectivity index (χ0v) is 27.8. The van der Waals surface area contributed by atoms with Crippen LogP contribution >= 0.6 is 38.5 Å². The van der Waals surface area contributed by atoms with E-state index in [1.54, 1.807) is 7.11 Å². The van der Waals surface area contributed by atoms with Crippen LogP contribution in [0.15, 0.2) is 40.9 Å². The number of aromatic nitrogens is 2. The van der Waals surface area contributed by atoms with Crippen molar-refractivity contribution in [2.24, 2.45) is 0 Å². The highest BCUT2D eigenvalue weighted by Gasteiger charge is 2.45. The highest BCUT2D eigenvalue weighted by atomic mass is 127. The maximum atomic E-state index is 13.1. The number of halogens is 2. The quantitative estimate of drug-likeness (QED) is 0.240. The Balaban J connectivity index is 1.52. The van der Waals surface area contributed by atoms with Crippen LogP contribution in [0.2, 0.25) is 0 Å². The Morgan fingerprint density at radius 3 is 2.44 bits per heavy atom. The molecule has 2 fully saturated rings. The summed E-state index contributed by atoms with van der Waals surface area (Å²) < 4.78 is 25.4. The van der Waals surface area contributed by atoms with E-state index in [1.165, 1.54) is 0 Å². The van der Waals surface area contributed by atoms with Crippen LogP contribution in [0.1, 0.15) is 46.1 Å². The molecule has 2 bridgehead atoms. The number of methoxy groups -OCH3 is 1. The molecular weight excluding hydrogens is 703 g/mol. The Labute approximate surface area is 263 Å². The van der Waals surface area contributed by atoms with Crippen LogP contribution in [-0.2, 0) is 16.1 Å². The number of anilines is 1. The summed E-state index contributed by atoms with van der Waals surface area (Å²) in [5, 5.41) is 0.873. The number of nitrogens with zero attached hydrogens (tertiary/aromatic N) is 4. The van der Waals surface area contributed by atoms with Crippen LogP contribution < -0.4 is 14.4 Å². The van der Waals surface area contributed by atoms with E-state index in [4.69, 9.17) is 28.9 Å². The van der Waals surface area contributed by atoms with E-state index < -0.39 is 5.60 Å². The third kappa shape index (κ3) is 6.83. The molecule has 1 aromatic heterocycles. The van der Waals surface area contributed by atoms with Gasteiger partial charge in [0.05, 0.1) is 22.7 Å². The lowest BCUT2D eigenvalue weighted by atomic mass is 10.1. The molecule has 2 unspecified atom stereocenters. The lowest BCUT2D eigenvalue weighted by Gasteiger charge is -2.42. The van der Waals surface area contributed by atoms with E-state index in [0.717, 1.165) is 37.7 Å². The second-order valence-electron chi connectivity index (χ2n) is 11.5. The van der Waals surface area contributed by atoms with Gasteiger partial charge in [-0.1, -0.05) is 30.3 Å². The van der Waals surface area contributed by atoms with Gasteiger partial charge in [-0.3, -0.25) is 4.90 Å². The molecule has 1 amide bonds. The number of piperazine rings is 1. The SMILES string of the molecule is CO[C@@H](C)COc1nc(N2CC3CCC(C2)N3C(=O)OC(C)(C)C)c2cc(I)c(Br)c(OCc3ccccc3)c2n1. The standard InChI is InChI=1S/C30H36BrIN4O5/c1-18(38-5)16-40-28-33-25-22(13-23(32)24(31)26(25)39-17-19-9-7-6-8-10-19)27(34-28)35-14-20-11-12-21(15-35)36(20)29(37)41-30(2,3)4/h6-10,13,18,20-21H,11-12,14-17H2,1-5H3/t18-,20?,21?/m0/s1. The Morgan fingerprint density at radius 1 is 1.12 bits per heavy atom. The number of benzene rings is 2. The third-order valence-corrected chi connectivity index (χ3v) is 9.64. The van der Waals surface area contributed by atoms with Crippen LogP contribution in [0.25, 0.3) is 10.9 Å². The number of ether oxygens (including phenoxy) is 4. The van der Waals surface area contributed by atoms with Crippen LogP contribution in [0.3, 0.4) is 0 Å². The highest BCUT2D eigenvalue weighted by Crippen LogP contribution is 2.42. The second kappa shape index (κ2) is 12.5. The molecule has 0 radical (unpaired) electrons. The number of rotatable bonds is 8. The van der Waals surface area contributed by atoms with Crippen LogP contribution in [0, 0.1) is 3.57 Å². The molecule has 0 N–H and O–H groups in total. The normalized spacial score (nSPS) is 19.4. The molecule has 2 aromatic carbocycles. The minimum absolute atomic E-state index is 0.0369. The molecule has 2 aliphatic rings. The first-order chi connectivity index (χ1) is 19.5. The Kier molecular flexibility index (Phi) is 9.15. The van der Waals surface area contributed by atoms with Gasteiger partial charge in [0, 0.05) is 29.2 Å². The highest BCUT2D eigenvalue weighted by molar-refractivity contribution is 14.1. The fourth-order valence-corrected chi connectivity index (χ4v) is 6.23. The molecule has 0 saturated carbocycles. The van der Waals surface area contributed by atoms with E-state index in [1.807, 2.05) is 62.9 Å². The van der Waals surface area contributed by atoms with Crippen molar-refractivity contribution in [3.63, 3.8) is 0 Å². The number of amides is 1. The van der Waals surface area contributed by atoms with Crippen LogP contribution in [-0.4, -0.2) is 71.6 Å². The van der Waals surface area contributed by atoms with Gasteiger partial charge in [0.2, 0.25) is 0 Å². The first-order valence-electron chi connectivity index (χ1n) is 13.8. The van der Waals surface area contributed by atoms with Crippen LogP contribution in [0.4, 0.5) is 10.6 Å². The summed E-state index contributed by atoms with van der Waals surface area (Å²) in [6.45, 7) is 9.63. The smallest absolute Gasteiger partial charge is 0.410 e.